The Labute approximate surface area is 90.9 Å². The third kappa shape index (κ3) is 2.93. The molecule has 5 heteroatoms. The molecule has 0 spiro atoms. The fourth-order valence-corrected chi connectivity index (χ4v) is 4.00. The molecule has 1 rings (SSSR count). The van der Waals surface area contributed by atoms with Gasteiger partial charge in [-0.15, -0.1) is 0 Å². The van der Waals surface area contributed by atoms with E-state index in [-0.39, 0.29) is 11.7 Å². The Kier molecular flexibility index (Phi) is 4.13. The zero-order valence-electron chi connectivity index (χ0n) is 9.23. The lowest BCUT2D eigenvalue weighted by Gasteiger charge is -2.16. The maximum atomic E-state index is 12.0. The molecule has 0 aromatic heterocycles. The van der Waals surface area contributed by atoms with Gasteiger partial charge in [-0.3, -0.25) is 4.79 Å². The molecule has 0 aromatic rings. The van der Waals surface area contributed by atoms with Crippen LogP contribution in [-0.2, 0) is 19.4 Å². The van der Waals surface area contributed by atoms with Crippen molar-refractivity contribution in [3.63, 3.8) is 0 Å². The molecular weight excluding hydrogens is 216 g/mol. The Morgan fingerprint density at radius 2 is 1.93 bits per heavy atom. The second kappa shape index (κ2) is 4.96. The molecule has 1 saturated carbocycles. The number of carbonyl (C=O) groups is 1. The van der Waals surface area contributed by atoms with Crippen LogP contribution < -0.4 is 0 Å². The summed E-state index contributed by atoms with van der Waals surface area (Å²) < 4.78 is 28.4. The number of sulfone groups is 1. The van der Waals surface area contributed by atoms with E-state index in [1.165, 1.54) is 7.11 Å². The average molecular weight is 234 g/mol. The predicted octanol–water partition coefficient (Wildman–Crippen LogP) is 1.30. The molecule has 0 radical (unpaired) electrons. The van der Waals surface area contributed by atoms with Gasteiger partial charge in [-0.1, -0.05) is 12.8 Å². The van der Waals surface area contributed by atoms with E-state index in [1.807, 2.05) is 0 Å². The van der Waals surface area contributed by atoms with Crippen LogP contribution in [-0.4, -0.2) is 32.0 Å². The number of hydrogen-bond donors (Lipinski definition) is 0. The summed E-state index contributed by atoms with van der Waals surface area (Å²) in [4.78, 5) is 11.0. The molecule has 0 heterocycles. The van der Waals surface area contributed by atoms with Crippen LogP contribution in [0.4, 0.5) is 0 Å². The molecule has 0 bridgehead atoms. The van der Waals surface area contributed by atoms with Crippen molar-refractivity contribution in [2.24, 2.45) is 0 Å². The Bertz CT molecular complexity index is 314. The van der Waals surface area contributed by atoms with Crippen molar-refractivity contribution in [3.8, 4) is 0 Å². The van der Waals surface area contributed by atoms with E-state index in [4.69, 9.17) is 0 Å². The minimum atomic E-state index is -3.14. The van der Waals surface area contributed by atoms with Crippen LogP contribution in [0.25, 0.3) is 0 Å². The number of rotatable bonds is 4. The van der Waals surface area contributed by atoms with Crippen molar-refractivity contribution >= 4 is 15.8 Å². The molecule has 1 atom stereocenters. The third-order valence-corrected chi connectivity index (χ3v) is 5.70. The average Bonchev–Trinajstić information content (AvgIpc) is 2.70. The van der Waals surface area contributed by atoms with Crippen LogP contribution in [0.3, 0.4) is 0 Å². The van der Waals surface area contributed by atoms with E-state index in [9.17, 15) is 13.2 Å². The summed E-state index contributed by atoms with van der Waals surface area (Å²) in [6.45, 7) is 1.59. The van der Waals surface area contributed by atoms with Crippen molar-refractivity contribution < 1.29 is 17.9 Å². The van der Waals surface area contributed by atoms with Crippen molar-refractivity contribution in [1.82, 2.24) is 0 Å². The van der Waals surface area contributed by atoms with E-state index in [2.05, 4.69) is 4.74 Å². The largest absolute Gasteiger partial charge is 0.469 e. The van der Waals surface area contributed by atoms with Crippen LogP contribution in [0.15, 0.2) is 0 Å². The number of esters is 1. The molecule has 1 aliphatic rings. The smallest absolute Gasteiger partial charge is 0.306 e. The van der Waals surface area contributed by atoms with Crippen molar-refractivity contribution in [2.45, 2.75) is 49.5 Å². The molecule has 0 aliphatic heterocycles. The normalized spacial score (nSPS) is 20.1. The molecule has 0 N–H and O–H groups in total. The minimum absolute atomic E-state index is 0.0324. The Morgan fingerprint density at radius 3 is 2.40 bits per heavy atom. The second-order valence-corrected chi connectivity index (χ2v) is 6.74. The second-order valence-electron chi connectivity index (χ2n) is 4.09. The van der Waals surface area contributed by atoms with Crippen LogP contribution in [0.1, 0.15) is 39.0 Å². The van der Waals surface area contributed by atoms with Gasteiger partial charge in [0.1, 0.15) is 0 Å². The highest BCUT2D eigenvalue weighted by Crippen LogP contribution is 2.28. The fraction of sp³-hybridized carbons (Fsp3) is 0.900. The van der Waals surface area contributed by atoms with E-state index in [1.54, 1.807) is 6.92 Å². The predicted molar refractivity (Wildman–Crippen MR) is 57.3 cm³/mol. The molecule has 0 aromatic carbocycles. The summed E-state index contributed by atoms with van der Waals surface area (Å²) in [6, 6.07) is 0. The van der Waals surface area contributed by atoms with Gasteiger partial charge in [0, 0.05) is 0 Å². The SMILES string of the molecule is COC(=O)CC(C)S(=O)(=O)C1CCCC1. The molecule has 0 amide bonds. The quantitative estimate of drug-likeness (QED) is 0.688. The number of hydrogen-bond acceptors (Lipinski definition) is 4. The fourth-order valence-electron chi connectivity index (χ4n) is 1.98. The summed E-state index contributed by atoms with van der Waals surface area (Å²) in [5, 5.41) is -0.856. The summed E-state index contributed by atoms with van der Waals surface area (Å²) in [6.07, 6.45) is 3.42. The molecule has 4 nitrogen and oxygen atoms in total. The van der Waals surface area contributed by atoms with Crippen molar-refractivity contribution in [1.29, 1.82) is 0 Å². The third-order valence-electron chi connectivity index (χ3n) is 3.01. The first-order valence-electron chi connectivity index (χ1n) is 5.28. The monoisotopic (exact) mass is 234 g/mol. The van der Waals surface area contributed by atoms with Gasteiger partial charge in [-0.05, 0) is 19.8 Å². The maximum Gasteiger partial charge on any atom is 0.306 e. The van der Waals surface area contributed by atoms with Crippen molar-refractivity contribution in [2.75, 3.05) is 7.11 Å². The van der Waals surface area contributed by atoms with Crippen LogP contribution in [0, 0.1) is 0 Å². The van der Waals surface area contributed by atoms with Gasteiger partial charge in [-0.2, -0.15) is 0 Å². The number of methoxy groups -OCH3 is 1. The van der Waals surface area contributed by atoms with Gasteiger partial charge in [0.2, 0.25) is 0 Å². The molecule has 15 heavy (non-hydrogen) atoms. The minimum Gasteiger partial charge on any atom is -0.469 e. The molecule has 1 fully saturated rings. The van der Waals surface area contributed by atoms with Crippen LogP contribution in [0.5, 0.6) is 0 Å². The van der Waals surface area contributed by atoms with Crippen molar-refractivity contribution in [3.05, 3.63) is 0 Å². The first-order chi connectivity index (χ1) is 6.98. The standard InChI is InChI=1S/C10H18O4S/c1-8(7-10(11)14-2)15(12,13)9-5-3-4-6-9/h8-9H,3-7H2,1-2H3. The first-order valence-corrected chi connectivity index (χ1v) is 6.89. The lowest BCUT2D eigenvalue weighted by molar-refractivity contribution is -0.140. The first kappa shape index (κ1) is 12.5. The topological polar surface area (TPSA) is 60.4 Å². The van der Waals surface area contributed by atoms with E-state index in [0.717, 1.165) is 25.7 Å². The highest BCUT2D eigenvalue weighted by molar-refractivity contribution is 7.92. The van der Waals surface area contributed by atoms with E-state index < -0.39 is 21.1 Å². The summed E-state index contributed by atoms with van der Waals surface area (Å²) in [5.41, 5.74) is 0. The van der Waals surface area contributed by atoms with E-state index in [0.29, 0.717) is 0 Å². The van der Waals surface area contributed by atoms with Gasteiger partial charge in [-0.25, -0.2) is 8.42 Å². The maximum absolute atomic E-state index is 12.0. The van der Waals surface area contributed by atoms with E-state index >= 15 is 0 Å². The Morgan fingerprint density at radius 1 is 1.40 bits per heavy atom. The molecule has 0 saturated heterocycles. The highest BCUT2D eigenvalue weighted by atomic mass is 32.2. The van der Waals surface area contributed by atoms with Gasteiger partial charge in [0.05, 0.1) is 24.0 Å². The Hall–Kier alpha value is -0.580. The summed E-state index contributed by atoms with van der Waals surface area (Å²) >= 11 is 0. The summed E-state index contributed by atoms with van der Waals surface area (Å²) in [7, 11) is -1.87. The zero-order valence-corrected chi connectivity index (χ0v) is 10.0. The van der Waals surface area contributed by atoms with Gasteiger partial charge >= 0.3 is 5.97 Å². The molecule has 1 aliphatic carbocycles. The Balaban J connectivity index is 2.64. The summed E-state index contributed by atoms with van der Waals surface area (Å²) in [5.74, 6) is -0.455. The lowest BCUT2D eigenvalue weighted by Crippen LogP contribution is -2.30. The lowest BCUT2D eigenvalue weighted by atomic mass is 10.3. The van der Waals surface area contributed by atoms with Gasteiger partial charge in [0.25, 0.3) is 0 Å². The van der Waals surface area contributed by atoms with Gasteiger partial charge in [0.15, 0.2) is 9.84 Å². The highest BCUT2D eigenvalue weighted by Gasteiger charge is 2.34. The van der Waals surface area contributed by atoms with Gasteiger partial charge < -0.3 is 4.74 Å². The molecular formula is C10H18O4S. The molecule has 88 valence electrons. The number of ether oxygens (including phenoxy) is 1. The molecule has 1 unspecified atom stereocenters. The number of carbonyl (C=O) groups excluding carboxylic acids is 1. The van der Waals surface area contributed by atoms with Crippen LogP contribution >= 0.6 is 0 Å². The van der Waals surface area contributed by atoms with Crippen LogP contribution in [0.2, 0.25) is 0 Å². The zero-order chi connectivity index (χ0) is 11.5.